The van der Waals surface area contributed by atoms with Gasteiger partial charge in [0.1, 0.15) is 0 Å². The molecule has 1 aromatic carbocycles. The number of tetrazole rings is 1. The molecule has 24 heavy (non-hydrogen) atoms. The Morgan fingerprint density at radius 3 is 2.46 bits per heavy atom. The van der Waals surface area contributed by atoms with Gasteiger partial charge in [-0.1, -0.05) is 12.5 Å². The van der Waals surface area contributed by atoms with Crippen LogP contribution in [0.3, 0.4) is 0 Å². The van der Waals surface area contributed by atoms with Crippen molar-refractivity contribution in [2.75, 3.05) is 14.1 Å². The number of nitrogens with zero attached hydrogens (tertiary/aromatic N) is 4. The Hall–Kier alpha value is -1.96. The molecule has 0 radical (unpaired) electrons. The van der Waals surface area contributed by atoms with E-state index in [4.69, 9.17) is 0 Å². The van der Waals surface area contributed by atoms with Crippen LogP contribution in [0.1, 0.15) is 43.5 Å². The van der Waals surface area contributed by atoms with Gasteiger partial charge < -0.3 is 4.90 Å². The topological polar surface area (TPSA) is 48.0 Å². The molecule has 1 aliphatic carbocycles. The Balaban J connectivity index is 2.08. The van der Waals surface area contributed by atoms with Crippen LogP contribution < -0.4 is 4.90 Å². The minimum absolute atomic E-state index is 0.268. The molecule has 2 aromatic rings. The highest BCUT2D eigenvalue weighted by molar-refractivity contribution is 5.37. The van der Waals surface area contributed by atoms with Crippen molar-refractivity contribution in [3.8, 4) is 5.69 Å². The van der Waals surface area contributed by atoms with E-state index in [1.54, 1.807) is 6.07 Å². The summed E-state index contributed by atoms with van der Waals surface area (Å²) in [6.45, 7) is 0. The molecule has 0 unspecified atom stereocenters. The molecule has 0 amide bonds. The van der Waals surface area contributed by atoms with Crippen molar-refractivity contribution in [3.63, 3.8) is 0 Å². The third kappa shape index (κ3) is 2.90. The number of hydrogen-bond acceptors (Lipinski definition) is 3. The molecular formula is C16H21F3N5+. The lowest BCUT2D eigenvalue weighted by Crippen LogP contribution is -3.14. The number of alkyl halides is 3. The molecule has 1 aliphatic rings. The van der Waals surface area contributed by atoms with Crippen LogP contribution in [0.2, 0.25) is 0 Å². The van der Waals surface area contributed by atoms with E-state index >= 15 is 0 Å². The molecule has 130 valence electrons. The number of benzene rings is 1. The zero-order valence-electron chi connectivity index (χ0n) is 13.8. The van der Waals surface area contributed by atoms with Crippen LogP contribution in [0.4, 0.5) is 13.2 Å². The summed E-state index contributed by atoms with van der Waals surface area (Å²) >= 11 is 0. The maximum absolute atomic E-state index is 13.0. The van der Waals surface area contributed by atoms with Gasteiger partial charge in [-0.2, -0.15) is 17.9 Å². The molecule has 1 heterocycles. The van der Waals surface area contributed by atoms with Crippen molar-refractivity contribution in [2.45, 2.75) is 43.8 Å². The summed E-state index contributed by atoms with van der Waals surface area (Å²) in [5, 5.41) is 11.9. The van der Waals surface area contributed by atoms with E-state index in [9.17, 15) is 13.2 Å². The highest BCUT2D eigenvalue weighted by Gasteiger charge is 2.45. The minimum Gasteiger partial charge on any atom is -0.329 e. The van der Waals surface area contributed by atoms with Gasteiger partial charge in [0.15, 0.2) is 5.54 Å². The monoisotopic (exact) mass is 340 g/mol. The molecular weight excluding hydrogens is 319 g/mol. The lowest BCUT2D eigenvalue weighted by molar-refractivity contribution is -0.927. The second-order valence-corrected chi connectivity index (χ2v) is 6.61. The molecule has 1 fully saturated rings. The maximum Gasteiger partial charge on any atom is 0.416 e. The summed E-state index contributed by atoms with van der Waals surface area (Å²) in [4.78, 5) is 1.20. The van der Waals surface area contributed by atoms with Crippen LogP contribution in [0.5, 0.6) is 0 Å². The Bertz CT molecular complexity index is 702. The number of nitrogens with one attached hydrogen (secondary N) is 1. The normalized spacial score (nSPS) is 18.1. The fourth-order valence-corrected chi connectivity index (χ4v) is 3.58. The number of quaternary nitrogens is 1. The molecule has 8 heteroatoms. The number of aromatic nitrogens is 4. The highest BCUT2D eigenvalue weighted by atomic mass is 19.4. The highest BCUT2D eigenvalue weighted by Crippen LogP contribution is 2.35. The zero-order valence-corrected chi connectivity index (χ0v) is 13.8. The summed E-state index contributed by atoms with van der Waals surface area (Å²) in [6.07, 6.45) is 0.768. The van der Waals surface area contributed by atoms with Crippen LogP contribution in [0.15, 0.2) is 24.3 Å². The molecule has 5 nitrogen and oxygen atoms in total. The van der Waals surface area contributed by atoms with E-state index in [0.717, 1.165) is 37.8 Å². The van der Waals surface area contributed by atoms with Gasteiger partial charge in [-0.05, 0) is 41.5 Å². The molecule has 0 spiro atoms. The van der Waals surface area contributed by atoms with E-state index in [1.807, 2.05) is 0 Å². The second kappa shape index (κ2) is 6.16. The maximum atomic E-state index is 13.0. The molecule has 0 bridgehead atoms. The second-order valence-electron chi connectivity index (χ2n) is 6.61. The van der Waals surface area contributed by atoms with E-state index in [-0.39, 0.29) is 5.54 Å². The molecule has 1 N–H and O–H groups in total. The SMILES string of the molecule is C[NH+](C)C1(c2nnnn2-c2cccc(C(F)(F)F)c2)CCCCC1. The van der Waals surface area contributed by atoms with Gasteiger partial charge in [0.2, 0.25) is 5.82 Å². The summed E-state index contributed by atoms with van der Waals surface area (Å²) in [7, 11) is 4.10. The summed E-state index contributed by atoms with van der Waals surface area (Å²) < 4.78 is 40.5. The Kier molecular flexibility index (Phi) is 4.33. The van der Waals surface area contributed by atoms with Crippen LogP contribution in [0, 0.1) is 0 Å². The lowest BCUT2D eigenvalue weighted by Gasteiger charge is -2.38. The van der Waals surface area contributed by atoms with Crippen molar-refractivity contribution in [1.82, 2.24) is 20.2 Å². The van der Waals surface area contributed by atoms with Gasteiger partial charge in [0, 0.05) is 12.8 Å². The molecule has 0 saturated heterocycles. The molecule has 3 rings (SSSR count). The fourth-order valence-electron chi connectivity index (χ4n) is 3.58. The molecule has 1 aromatic heterocycles. The van der Waals surface area contributed by atoms with Crippen molar-refractivity contribution in [1.29, 1.82) is 0 Å². The Labute approximate surface area is 138 Å². The molecule has 1 saturated carbocycles. The van der Waals surface area contributed by atoms with E-state index in [2.05, 4.69) is 29.6 Å². The first kappa shape index (κ1) is 16.9. The van der Waals surface area contributed by atoms with E-state index in [0.29, 0.717) is 11.5 Å². The predicted molar refractivity (Wildman–Crippen MR) is 81.7 cm³/mol. The van der Waals surface area contributed by atoms with Gasteiger partial charge in [-0.3, -0.25) is 0 Å². The predicted octanol–water partition coefficient (Wildman–Crippen LogP) is 1.99. The van der Waals surface area contributed by atoms with Crippen molar-refractivity contribution < 1.29 is 18.1 Å². The average Bonchev–Trinajstić information content (AvgIpc) is 3.05. The number of hydrogen-bond donors (Lipinski definition) is 1. The van der Waals surface area contributed by atoms with Gasteiger partial charge in [0.05, 0.1) is 25.3 Å². The Morgan fingerprint density at radius 2 is 1.83 bits per heavy atom. The Morgan fingerprint density at radius 1 is 1.12 bits per heavy atom. The van der Waals surface area contributed by atoms with Gasteiger partial charge in [-0.25, -0.2) is 0 Å². The summed E-state index contributed by atoms with van der Waals surface area (Å²) in [5.74, 6) is 0.640. The van der Waals surface area contributed by atoms with E-state index < -0.39 is 11.7 Å². The largest absolute Gasteiger partial charge is 0.416 e. The van der Waals surface area contributed by atoms with Gasteiger partial charge >= 0.3 is 6.18 Å². The third-order valence-electron chi connectivity index (χ3n) is 4.98. The van der Waals surface area contributed by atoms with Crippen LogP contribution in [-0.4, -0.2) is 34.3 Å². The van der Waals surface area contributed by atoms with Crippen LogP contribution in [0.25, 0.3) is 5.69 Å². The van der Waals surface area contributed by atoms with Crippen molar-refractivity contribution >= 4 is 0 Å². The van der Waals surface area contributed by atoms with Crippen molar-refractivity contribution in [3.05, 3.63) is 35.7 Å². The van der Waals surface area contributed by atoms with Crippen molar-refractivity contribution in [2.24, 2.45) is 0 Å². The quantitative estimate of drug-likeness (QED) is 0.930. The third-order valence-corrected chi connectivity index (χ3v) is 4.98. The standard InChI is InChI=1S/C16H20F3N5/c1-23(2)15(9-4-3-5-10-15)14-20-21-22-24(14)13-8-6-7-12(11-13)16(17,18)19/h6-8,11H,3-5,9-10H2,1-2H3/p+1. The average molecular weight is 340 g/mol. The molecule has 0 aliphatic heterocycles. The van der Waals surface area contributed by atoms with Crippen LogP contribution in [-0.2, 0) is 11.7 Å². The first-order chi connectivity index (χ1) is 11.3. The number of halogens is 3. The first-order valence-corrected chi connectivity index (χ1v) is 8.12. The minimum atomic E-state index is -4.39. The molecule has 0 atom stereocenters. The fraction of sp³-hybridized carbons (Fsp3) is 0.562. The van der Waals surface area contributed by atoms with Gasteiger partial charge in [0.25, 0.3) is 0 Å². The zero-order chi connectivity index (χ0) is 17.4. The van der Waals surface area contributed by atoms with E-state index in [1.165, 1.54) is 22.1 Å². The van der Waals surface area contributed by atoms with Crippen LogP contribution >= 0.6 is 0 Å². The number of rotatable bonds is 3. The van der Waals surface area contributed by atoms with Gasteiger partial charge in [-0.15, -0.1) is 5.10 Å². The first-order valence-electron chi connectivity index (χ1n) is 8.12. The summed E-state index contributed by atoms with van der Waals surface area (Å²) in [6, 6.07) is 5.15. The lowest BCUT2D eigenvalue weighted by atomic mass is 9.80. The smallest absolute Gasteiger partial charge is 0.329 e. The summed E-state index contributed by atoms with van der Waals surface area (Å²) in [5.41, 5.74) is -0.622.